The Kier molecular flexibility index (Phi) is 3.65. The molecule has 0 saturated heterocycles. The van der Waals surface area contributed by atoms with Gasteiger partial charge in [-0.15, -0.1) is 5.10 Å². The zero-order valence-electron chi connectivity index (χ0n) is 10.7. The molecule has 0 spiro atoms. The monoisotopic (exact) mass is 262 g/mol. The number of nitrogen functional groups attached to an aromatic ring is 1. The lowest BCUT2D eigenvalue weighted by Crippen LogP contribution is -2.10. The van der Waals surface area contributed by atoms with E-state index in [1.54, 1.807) is 31.4 Å². The number of aryl methyl sites for hydroxylation is 1. The average Bonchev–Trinajstić information content (AvgIpc) is 2.81. The first-order valence-corrected chi connectivity index (χ1v) is 5.56. The zero-order chi connectivity index (χ0) is 13.8. The molecule has 1 aromatic carbocycles. The molecule has 0 fully saturated rings. The molecule has 0 aliphatic carbocycles. The predicted molar refractivity (Wildman–Crippen MR) is 67.5 cm³/mol. The van der Waals surface area contributed by atoms with Crippen LogP contribution in [0.5, 0.6) is 5.75 Å². The van der Waals surface area contributed by atoms with Crippen molar-refractivity contribution in [3.63, 3.8) is 0 Å². The van der Waals surface area contributed by atoms with Crippen LogP contribution in [0.15, 0.2) is 24.4 Å². The molecule has 19 heavy (non-hydrogen) atoms. The molecule has 0 bridgehead atoms. The summed E-state index contributed by atoms with van der Waals surface area (Å²) in [7, 11) is 3.20. The van der Waals surface area contributed by atoms with Gasteiger partial charge < -0.3 is 15.2 Å². The highest BCUT2D eigenvalue weighted by atomic mass is 16.5. The van der Waals surface area contributed by atoms with Crippen molar-refractivity contribution in [3.8, 4) is 5.75 Å². The van der Waals surface area contributed by atoms with Crippen molar-refractivity contribution in [2.75, 3.05) is 12.8 Å². The smallest absolute Gasteiger partial charge is 0.344 e. The molecular formula is C12H14N4O3. The van der Waals surface area contributed by atoms with E-state index in [0.717, 1.165) is 0 Å². The second kappa shape index (κ2) is 5.38. The largest absolute Gasteiger partial charge is 0.496 e. The van der Waals surface area contributed by atoms with Gasteiger partial charge in [-0.05, 0) is 12.1 Å². The third-order valence-corrected chi connectivity index (χ3v) is 2.48. The van der Waals surface area contributed by atoms with Gasteiger partial charge in [0.2, 0.25) is 0 Å². The summed E-state index contributed by atoms with van der Waals surface area (Å²) >= 11 is 0. The maximum Gasteiger partial charge on any atom is 0.344 e. The van der Waals surface area contributed by atoms with Crippen LogP contribution in [0.4, 0.5) is 5.69 Å². The maximum absolute atomic E-state index is 12.0. The Morgan fingerprint density at radius 3 is 2.89 bits per heavy atom. The number of aromatic nitrogens is 3. The molecule has 0 aliphatic heterocycles. The number of carbonyl (C=O) groups is 1. The van der Waals surface area contributed by atoms with E-state index in [4.69, 9.17) is 15.2 Å². The van der Waals surface area contributed by atoms with Crippen LogP contribution in [0.2, 0.25) is 0 Å². The van der Waals surface area contributed by atoms with E-state index in [0.29, 0.717) is 17.1 Å². The normalized spacial score (nSPS) is 10.2. The molecule has 0 unspecified atom stereocenters. The molecule has 1 aromatic heterocycles. The second-order valence-electron chi connectivity index (χ2n) is 3.88. The molecular weight excluding hydrogens is 248 g/mol. The summed E-state index contributed by atoms with van der Waals surface area (Å²) in [6.07, 6.45) is 1.67. The molecule has 100 valence electrons. The standard InChI is InChI=1S/C12H14N4O3/c1-16-6-8(14-15-16)7-19-12(17)11-9(13)4-3-5-10(11)18-2/h3-6H,7,13H2,1-2H3. The van der Waals surface area contributed by atoms with Crippen LogP contribution in [0, 0.1) is 0 Å². The van der Waals surface area contributed by atoms with E-state index in [2.05, 4.69) is 10.3 Å². The Balaban J connectivity index is 2.12. The highest BCUT2D eigenvalue weighted by molar-refractivity contribution is 5.98. The minimum Gasteiger partial charge on any atom is -0.496 e. The van der Waals surface area contributed by atoms with E-state index in [-0.39, 0.29) is 12.2 Å². The maximum atomic E-state index is 12.0. The fourth-order valence-electron chi connectivity index (χ4n) is 1.61. The molecule has 7 nitrogen and oxygen atoms in total. The SMILES string of the molecule is COc1cccc(N)c1C(=O)OCc1cn(C)nn1. The van der Waals surface area contributed by atoms with E-state index in [1.807, 2.05) is 0 Å². The van der Waals surface area contributed by atoms with Crippen LogP contribution < -0.4 is 10.5 Å². The summed E-state index contributed by atoms with van der Waals surface area (Å²) in [6, 6.07) is 4.96. The van der Waals surface area contributed by atoms with Gasteiger partial charge in [0.25, 0.3) is 0 Å². The van der Waals surface area contributed by atoms with Crippen LogP contribution in [0.3, 0.4) is 0 Å². The summed E-state index contributed by atoms with van der Waals surface area (Å²) < 4.78 is 11.8. The number of rotatable bonds is 4. The van der Waals surface area contributed by atoms with E-state index in [1.165, 1.54) is 11.8 Å². The number of ether oxygens (including phenoxy) is 2. The summed E-state index contributed by atoms with van der Waals surface area (Å²) in [4.78, 5) is 12.0. The predicted octanol–water partition coefficient (Wildman–Crippen LogP) is 0.763. The number of anilines is 1. The summed E-state index contributed by atoms with van der Waals surface area (Å²) in [5.41, 5.74) is 6.84. The molecule has 7 heteroatoms. The summed E-state index contributed by atoms with van der Waals surface area (Å²) in [5, 5.41) is 7.56. The highest BCUT2D eigenvalue weighted by Gasteiger charge is 2.17. The van der Waals surface area contributed by atoms with Crippen LogP contribution in [-0.4, -0.2) is 28.1 Å². The molecule has 2 N–H and O–H groups in total. The Bertz CT molecular complexity index is 594. The number of hydrogen-bond acceptors (Lipinski definition) is 6. The minimum atomic E-state index is -0.555. The summed E-state index contributed by atoms with van der Waals surface area (Å²) in [6.45, 7) is 0.0319. The molecule has 2 aromatic rings. The lowest BCUT2D eigenvalue weighted by atomic mass is 10.1. The van der Waals surface area contributed by atoms with Crippen LogP contribution in [0.1, 0.15) is 16.1 Å². The fourth-order valence-corrected chi connectivity index (χ4v) is 1.61. The molecule has 1 heterocycles. The van der Waals surface area contributed by atoms with Crippen molar-refractivity contribution in [3.05, 3.63) is 35.7 Å². The van der Waals surface area contributed by atoms with Gasteiger partial charge >= 0.3 is 5.97 Å². The quantitative estimate of drug-likeness (QED) is 0.646. The van der Waals surface area contributed by atoms with Crippen LogP contribution in [0.25, 0.3) is 0 Å². The minimum absolute atomic E-state index is 0.0319. The molecule has 0 atom stereocenters. The van der Waals surface area contributed by atoms with Gasteiger partial charge in [-0.3, -0.25) is 4.68 Å². The molecule has 0 saturated carbocycles. The highest BCUT2D eigenvalue weighted by Crippen LogP contribution is 2.25. The van der Waals surface area contributed by atoms with E-state index < -0.39 is 5.97 Å². The van der Waals surface area contributed by atoms with E-state index >= 15 is 0 Å². The average molecular weight is 262 g/mol. The molecule has 0 aliphatic rings. The van der Waals surface area contributed by atoms with Crippen molar-refractivity contribution in [1.82, 2.24) is 15.0 Å². The second-order valence-corrected chi connectivity index (χ2v) is 3.88. The van der Waals surface area contributed by atoms with Crippen molar-refractivity contribution < 1.29 is 14.3 Å². The molecule has 2 rings (SSSR count). The Morgan fingerprint density at radius 2 is 2.26 bits per heavy atom. The topological polar surface area (TPSA) is 92.3 Å². The number of nitrogens with two attached hydrogens (primary N) is 1. The van der Waals surface area contributed by atoms with Gasteiger partial charge in [0, 0.05) is 12.7 Å². The first kappa shape index (κ1) is 12.9. The lowest BCUT2D eigenvalue weighted by Gasteiger charge is -2.10. The zero-order valence-corrected chi connectivity index (χ0v) is 10.7. The number of carbonyl (C=O) groups excluding carboxylic acids is 1. The number of benzene rings is 1. The molecule has 0 radical (unpaired) electrons. The van der Waals surface area contributed by atoms with E-state index in [9.17, 15) is 4.79 Å². The van der Waals surface area contributed by atoms with Gasteiger partial charge in [-0.25, -0.2) is 4.79 Å². The van der Waals surface area contributed by atoms with Gasteiger partial charge in [-0.2, -0.15) is 0 Å². The number of hydrogen-bond donors (Lipinski definition) is 1. The van der Waals surface area contributed by atoms with Gasteiger partial charge in [0.05, 0.1) is 13.3 Å². The van der Waals surface area contributed by atoms with Crippen molar-refractivity contribution in [2.45, 2.75) is 6.61 Å². The van der Waals surface area contributed by atoms with Gasteiger partial charge in [0.1, 0.15) is 23.6 Å². The van der Waals surface area contributed by atoms with Crippen LogP contribution in [-0.2, 0) is 18.4 Å². The third-order valence-electron chi connectivity index (χ3n) is 2.48. The Labute approximate surface area is 109 Å². The summed E-state index contributed by atoms with van der Waals surface area (Å²) in [5.74, 6) is -0.176. The van der Waals surface area contributed by atoms with Crippen LogP contribution >= 0.6 is 0 Å². The molecule has 0 amide bonds. The first-order chi connectivity index (χ1) is 9.11. The fraction of sp³-hybridized carbons (Fsp3) is 0.250. The van der Waals surface area contributed by atoms with Gasteiger partial charge in [-0.1, -0.05) is 11.3 Å². The van der Waals surface area contributed by atoms with Crippen molar-refractivity contribution in [2.24, 2.45) is 7.05 Å². The number of methoxy groups -OCH3 is 1. The van der Waals surface area contributed by atoms with Crippen molar-refractivity contribution in [1.29, 1.82) is 0 Å². The first-order valence-electron chi connectivity index (χ1n) is 5.56. The Morgan fingerprint density at radius 1 is 1.47 bits per heavy atom. The van der Waals surface area contributed by atoms with Crippen molar-refractivity contribution >= 4 is 11.7 Å². The number of nitrogens with zero attached hydrogens (tertiary/aromatic N) is 3. The lowest BCUT2D eigenvalue weighted by molar-refractivity contribution is 0.0465. The Hall–Kier alpha value is -2.57. The van der Waals surface area contributed by atoms with Gasteiger partial charge in [0.15, 0.2) is 0 Å². The third kappa shape index (κ3) is 2.82. The number of esters is 1.